The minimum atomic E-state index is 0. The molecule has 2 aromatic heterocycles. The minimum absolute atomic E-state index is 0. The molecule has 25 heavy (non-hydrogen) atoms. The van der Waals surface area contributed by atoms with Crippen molar-refractivity contribution < 1.29 is 4.42 Å². The lowest BCUT2D eigenvalue weighted by atomic mass is 10.2. The van der Waals surface area contributed by atoms with Gasteiger partial charge in [0.2, 0.25) is 0 Å². The number of rotatable bonds is 6. The van der Waals surface area contributed by atoms with Gasteiger partial charge in [0.25, 0.3) is 0 Å². The van der Waals surface area contributed by atoms with Crippen LogP contribution < -0.4 is 10.6 Å². The van der Waals surface area contributed by atoms with E-state index in [0.717, 1.165) is 29.5 Å². The second kappa shape index (κ2) is 9.87. The van der Waals surface area contributed by atoms with Crippen molar-refractivity contribution in [2.75, 3.05) is 6.54 Å². The Hall–Kier alpha value is -2.29. The first-order chi connectivity index (χ1) is 11.8. The van der Waals surface area contributed by atoms with E-state index in [1.165, 1.54) is 0 Å². The van der Waals surface area contributed by atoms with Gasteiger partial charge in [-0.05, 0) is 42.8 Å². The van der Waals surface area contributed by atoms with Gasteiger partial charge in [-0.2, -0.15) is 5.10 Å². The zero-order chi connectivity index (χ0) is 16.6. The molecule has 0 spiro atoms. The fraction of sp³-hybridized carbons (Fsp3) is 0.222. The Labute approximate surface area is 164 Å². The van der Waals surface area contributed by atoms with Gasteiger partial charge in [-0.25, -0.2) is 9.67 Å². The molecule has 0 saturated heterocycles. The summed E-state index contributed by atoms with van der Waals surface area (Å²) >= 11 is 0. The smallest absolute Gasteiger partial charge is 0.191 e. The van der Waals surface area contributed by atoms with Gasteiger partial charge >= 0.3 is 0 Å². The van der Waals surface area contributed by atoms with Crippen LogP contribution in [0.3, 0.4) is 0 Å². The van der Waals surface area contributed by atoms with E-state index in [-0.39, 0.29) is 24.0 Å². The summed E-state index contributed by atoms with van der Waals surface area (Å²) in [5, 5.41) is 10.8. The standard InChI is InChI=1S/C18H21N5O.HI/c1-2-19-18(21-14-17-8-4-11-24-17)20-13-15-6-3-7-16(12-15)23-10-5-9-22-23;/h3-12H,2,13-14H2,1H3,(H2,19,20,21);1H. The molecule has 0 unspecified atom stereocenters. The van der Waals surface area contributed by atoms with E-state index in [1.54, 1.807) is 12.5 Å². The maximum absolute atomic E-state index is 5.33. The van der Waals surface area contributed by atoms with Gasteiger partial charge in [0.05, 0.1) is 25.0 Å². The SMILES string of the molecule is CCNC(=NCc1cccc(-n2cccn2)c1)NCc1ccco1.I. The molecule has 0 aliphatic heterocycles. The molecule has 0 saturated carbocycles. The fourth-order valence-electron chi connectivity index (χ4n) is 2.31. The number of hydrogen-bond donors (Lipinski definition) is 2. The summed E-state index contributed by atoms with van der Waals surface area (Å²) in [6.45, 7) is 4.04. The van der Waals surface area contributed by atoms with Crippen LogP contribution in [0.5, 0.6) is 0 Å². The van der Waals surface area contributed by atoms with Crippen LogP contribution >= 0.6 is 24.0 Å². The lowest BCUT2D eigenvalue weighted by Crippen LogP contribution is -2.36. The van der Waals surface area contributed by atoms with Crippen molar-refractivity contribution in [3.63, 3.8) is 0 Å². The third-order valence-corrected chi connectivity index (χ3v) is 3.45. The maximum atomic E-state index is 5.33. The van der Waals surface area contributed by atoms with E-state index in [1.807, 2.05) is 48.1 Å². The molecule has 2 heterocycles. The zero-order valence-corrected chi connectivity index (χ0v) is 16.4. The molecule has 0 aliphatic carbocycles. The van der Waals surface area contributed by atoms with Gasteiger partial charge in [-0.15, -0.1) is 24.0 Å². The summed E-state index contributed by atoms with van der Waals surface area (Å²) in [6.07, 6.45) is 5.37. The van der Waals surface area contributed by atoms with Crippen molar-refractivity contribution >= 4 is 29.9 Å². The number of halogens is 1. The van der Waals surface area contributed by atoms with Crippen LogP contribution in [0, 0.1) is 0 Å². The van der Waals surface area contributed by atoms with Crippen LogP contribution in [0.25, 0.3) is 5.69 Å². The molecule has 0 atom stereocenters. The number of aromatic nitrogens is 2. The van der Waals surface area contributed by atoms with Crippen molar-refractivity contribution in [3.05, 3.63) is 72.4 Å². The monoisotopic (exact) mass is 451 g/mol. The first-order valence-electron chi connectivity index (χ1n) is 7.98. The highest BCUT2D eigenvalue weighted by molar-refractivity contribution is 14.0. The summed E-state index contributed by atoms with van der Waals surface area (Å²) in [5.74, 6) is 1.64. The largest absolute Gasteiger partial charge is 0.467 e. The normalized spacial score (nSPS) is 11.0. The molecule has 0 bridgehead atoms. The molecule has 3 rings (SSSR count). The molecule has 1 aromatic carbocycles. The molecule has 132 valence electrons. The van der Waals surface area contributed by atoms with Crippen LogP contribution in [0.2, 0.25) is 0 Å². The number of benzene rings is 1. The van der Waals surface area contributed by atoms with Crippen LogP contribution in [0.1, 0.15) is 18.2 Å². The summed E-state index contributed by atoms with van der Waals surface area (Å²) < 4.78 is 7.17. The predicted molar refractivity (Wildman–Crippen MR) is 109 cm³/mol. The highest BCUT2D eigenvalue weighted by Crippen LogP contribution is 2.10. The summed E-state index contributed by atoms with van der Waals surface area (Å²) in [4.78, 5) is 4.63. The van der Waals surface area contributed by atoms with Gasteiger partial charge in [0, 0.05) is 18.9 Å². The van der Waals surface area contributed by atoms with E-state index < -0.39 is 0 Å². The van der Waals surface area contributed by atoms with Gasteiger partial charge in [-0.1, -0.05) is 12.1 Å². The van der Waals surface area contributed by atoms with Crippen LogP contribution in [-0.4, -0.2) is 22.3 Å². The van der Waals surface area contributed by atoms with Crippen molar-refractivity contribution in [1.82, 2.24) is 20.4 Å². The Balaban J connectivity index is 0.00000225. The number of hydrogen-bond acceptors (Lipinski definition) is 3. The molecule has 6 nitrogen and oxygen atoms in total. The highest BCUT2D eigenvalue weighted by Gasteiger charge is 2.01. The lowest BCUT2D eigenvalue weighted by molar-refractivity contribution is 0.501. The van der Waals surface area contributed by atoms with E-state index >= 15 is 0 Å². The summed E-state index contributed by atoms with van der Waals surface area (Å²) in [7, 11) is 0. The Bertz CT molecular complexity index is 769. The molecule has 0 radical (unpaired) electrons. The Morgan fingerprint density at radius 1 is 1.20 bits per heavy atom. The van der Waals surface area contributed by atoms with Crippen molar-refractivity contribution in [2.45, 2.75) is 20.0 Å². The molecule has 7 heteroatoms. The van der Waals surface area contributed by atoms with Gasteiger partial charge in [0.15, 0.2) is 5.96 Å². The number of aliphatic imine (C=N–C) groups is 1. The topological polar surface area (TPSA) is 67.4 Å². The van der Waals surface area contributed by atoms with Gasteiger partial charge < -0.3 is 15.1 Å². The number of furan rings is 1. The average molecular weight is 451 g/mol. The van der Waals surface area contributed by atoms with E-state index in [9.17, 15) is 0 Å². The fourth-order valence-corrected chi connectivity index (χ4v) is 2.31. The minimum Gasteiger partial charge on any atom is -0.467 e. The number of nitrogens with one attached hydrogen (secondary N) is 2. The van der Waals surface area contributed by atoms with Gasteiger partial charge in [0.1, 0.15) is 5.76 Å². The van der Waals surface area contributed by atoms with Crippen molar-refractivity contribution in [3.8, 4) is 5.69 Å². The summed E-state index contributed by atoms with van der Waals surface area (Å²) in [5.41, 5.74) is 2.15. The first-order valence-corrected chi connectivity index (χ1v) is 7.98. The van der Waals surface area contributed by atoms with Crippen molar-refractivity contribution in [2.24, 2.45) is 4.99 Å². The quantitative estimate of drug-likeness (QED) is 0.343. The third kappa shape index (κ3) is 5.63. The second-order valence-electron chi connectivity index (χ2n) is 5.25. The Morgan fingerprint density at radius 2 is 2.12 bits per heavy atom. The second-order valence-corrected chi connectivity index (χ2v) is 5.25. The molecule has 0 aliphatic rings. The maximum Gasteiger partial charge on any atom is 0.191 e. The Kier molecular flexibility index (Phi) is 7.52. The molecule has 3 aromatic rings. The van der Waals surface area contributed by atoms with Crippen LogP contribution in [-0.2, 0) is 13.1 Å². The van der Waals surface area contributed by atoms with Crippen LogP contribution in [0.4, 0.5) is 0 Å². The number of nitrogens with zero attached hydrogens (tertiary/aromatic N) is 3. The lowest BCUT2D eigenvalue weighted by Gasteiger charge is -2.10. The zero-order valence-electron chi connectivity index (χ0n) is 14.1. The first kappa shape index (κ1) is 19.0. The van der Waals surface area contributed by atoms with Crippen molar-refractivity contribution in [1.29, 1.82) is 0 Å². The van der Waals surface area contributed by atoms with Gasteiger partial charge in [-0.3, -0.25) is 0 Å². The molecular weight excluding hydrogens is 429 g/mol. The highest BCUT2D eigenvalue weighted by atomic mass is 127. The molecule has 0 fully saturated rings. The molecule has 0 amide bonds. The van der Waals surface area contributed by atoms with Crippen LogP contribution in [0.15, 0.2) is 70.5 Å². The Morgan fingerprint density at radius 3 is 2.84 bits per heavy atom. The molecule has 2 N–H and O–H groups in total. The predicted octanol–water partition coefficient (Wildman–Crippen LogP) is 3.34. The average Bonchev–Trinajstić information content (AvgIpc) is 3.31. The molecular formula is C18H22IN5O. The van der Waals surface area contributed by atoms with E-state index in [0.29, 0.717) is 13.1 Å². The third-order valence-electron chi connectivity index (χ3n) is 3.45. The number of guanidine groups is 1. The summed E-state index contributed by atoms with van der Waals surface area (Å²) in [6, 6.07) is 13.9. The van der Waals surface area contributed by atoms with E-state index in [2.05, 4.69) is 32.9 Å². The van der Waals surface area contributed by atoms with E-state index in [4.69, 9.17) is 4.42 Å².